The Morgan fingerprint density at radius 1 is 1.12 bits per heavy atom. The maximum Gasteiger partial charge on any atom is 0.499 e. The van der Waals surface area contributed by atoms with E-state index in [1.165, 1.54) is 0 Å². The Labute approximate surface area is 101 Å². The van der Waals surface area contributed by atoms with Crippen molar-refractivity contribution in [2.24, 2.45) is 0 Å². The van der Waals surface area contributed by atoms with E-state index >= 15 is 0 Å². The minimum Gasteiger partial charge on any atom is -0.496 e. The molecule has 2 heterocycles. The fourth-order valence-corrected chi connectivity index (χ4v) is 2.40. The van der Waals surface area contributed by atoms with Crippen molar-refractivity contribution in [2.45, 2.75) is 38.9 Å². The number of hydrogen-bond donors (Lipinski definition) is 0. The number of rotatable bonds is 2. The van der Waals surface area contributed by atoms with E-state index in [2.05, 4.69) is 0 Å². The molecule has 0 spiro atoms. The highest BCUT2D eigenvalue weighted by Crippen LogP contribution is 2.37. The molecule has 1 fully saturated rings. The summed E-state index contributed by atoms with van der Waals surface area (Å²) in [4.78, 5) is 0. The Bertz CT molecular complexity index is 370. The molecule has 2 rings (SSSR count). The molecule has 0 aromatic carbocycles. The van der Waals surface area contributed by atoms with Gasteiger partial charge in [-0.3, -0.25) is 0 Å². The molecule has 1 aliphatic heterocycles. The standard InChI is InChI=1S/C11H17BO3S/c1-10(2)11(3,4)15-12(14-10)8-6-16-7-9(8)13-5/h6-7H,1-5H3. The van der Waals surface area contributed by atoms with E-state index in [1.54, 1.807) is 18.4 Å². The maximum absolute atomic E-state index is 5.96. The van der Waals surface area contributed by atoms with Gasteiger partial charge in [-0.05, 0) is 33.1 Å². The third kappa shape index (κ3) is 1.77. The van der Waals surface area contributed by atoms with Gasteiger partial charge < -0.3 is 14.0 Å². The molecule has 0 amide bonds. The van der Waals surface area contributed by atoms with Gasteiger partial charge >= 0.3 is 7.12 Å². The summed E-state index contributed by atoms with van der Waals surface area (Å²) < 4.78 is 17.2. The first-order chi connectivity index (χ1) is 7.37. The summed E-state index contributed by atoms with van der Waals surface area (Å²) in [5.74, 6) is 0.837. The molecule has 0 bridgehead atoms. The van der Waals surface area contributed by atoms with Crippen molar-refractivity contribution in [1.82, 2.24) is 0 Å². The van der Waals surface area contributed by atoms with Crippen LogP contribution in [0.5, 0.6) is 5.75 Å². The van der Waals surface area contributed by atoms with E-state index in [-0.39, 0.29) is 18.3 Å². The van der Waals surface area contributed by atoms with E-state index in [9.17, 15) is 0 Å². The fourth-order valence-electron chi connectivity index (χ4n) is 1.60. The second-order valence-corrected chi connectivity index (χ2v) is 5.73. The Balaban J connectivity index is 2.27. The number of hydrogen-bond acceptors (Lipinski definition) is 4. The molecule has 88 valence electrons. The molecule has 0 unspecified atom stereocenters. The predicted molar refractivity (Wildman–Crippen MR) is 66.6 cm³/mol. The quantitative estimate of drug-likeness (QED) is 0.740. The van der Waals surface area contributed by atoms with Gasteiger partial charge in [0.25, 0.3) is 0 Å². The zero-order valence-electron chi connectivity index (χ0n) is 10.4. The van der Waals surface area contributed by atoms with Crippen molar-refractivity contribution in [1.29, 1.82) is 0 Å². The van der Waals surface area contributed by atoms with Crippen molar-refractivity contribution < 1.29 is 14.0 Å². The molecule has 0 aliphatic carbocycles. The molecule has 0 saturated carbocycles. The zero-order chi connectivity index (χ0) is 12.0. The molecular formula is C11H17BO3S. The van der Waals surface area contributed by atoms with Crippen LogP contribution in [0.15, 0.2) is 10.8 Å². The molecule has 1 saturated heterocycles. The molecule has 16 heavy (non-hydrogen) atoms. The molecule has 5 heteroatoms. The van der Waals surface area contributed by atoms with Crippen LogP contribution in [-0.4, -0.2) is 25.4 Å². The fraction of sp³-hybridized carbons (Fsp3) is 0.636. The molecule has 1 aliphatic rings. The van der Waals surface area contributed by atoms with Crippen molar-refractivity contribution in [3.8, 4) is 5.75 Å². The van der Waals surface area contributed by atoms with Crippen LogP contribution in [0.25, 0.3) is 0 Å². The maximum atomic E-state index is 5.96. The van der Waals surface area contributed by atoms with E-state index in [0.29, 0.717) is 0 Å². The van der Waals surface area contributed by atoms with Crippen LogP contribution in [-0.2, 0) is 9.31 Å². The summed E-state index contributed by atoms with van der Waals surface area (Å²) in [6, 6.07) is 0. The Morgan fingerprint density at radius 3 is 2.19 bits per heavy atom. The van der Waals surface area contributed by atoms with Gasteiger partial charge in [0.15, 0.2) is 0 Å². The Morgan fingerprint density at radius 2 is 1.69 bits per heavy atom. The lowest BCUT2D eigenvalue weighted by molar-refractivity contribution is 0.00578. The van der Waals surface area contributed by atoms with Gasteiger partial charge in [-0.15, -0.1) is 11.3 Å². The molecule has 0 N–H and O–H groups in total. The topological polar surface area (TPSA) is 27.7 Å². The molecule has 3 nitrogen and oxygen atoms in total. The van der Waals surface area contributed by atoms with E-state index in [1.807, 2.05) is 38.5 Å². The van der Waals surface area contributed by atoms with Gasteiger partial charge in [0.2, 0.25) is 0 Å². The monoisotopic (exact) mass is 240 g/mol. The van der Waals surface area contributed by atoms with E-state index in [4.69, 9.17) is 14.0 Å². The highest BCUT2D eigenvalue weighted by Gasteiger charge is 2.52. The van der Waals surface area contributed by atoms with Crippen LogP contribution in [0.1, 0.15) is 27.7 Å². The normalized spacial score (nSPS) is 22.4. The molecular weight excluding hydrogens is 223 g/mol. The van der Waals surface area contributed by atoms with Gasteiger partial charge in [0.05, 0.1) is 18.3 Å². The average Bonchev–Trinajstić information content (AvgIpc) is 2.69. The highest BCUT2D eigenvalue weighted by atomic mass is 32.1. The minimum atomic E-state index is -0.328. The zero-order valence-corrected chi connectivity index (χ0v) is 11.2. The van der Waals surface area contributed by atoms with Gasteiger partial charge in [-0.2, -0.15) is 0 Å². The molecule has 1 aromatic rings. The Hall–Kier alpha value is -0.515. The van der Waals surface area contributed by atoms with Crippen molar-refractivity contribution in [3.63, 3.8) is 0 Å². The SMILES string of the molecule is COc1cscc1B1OC(C)(C)C(C)(C)O1. The summed E-state index contributed by atoms with van der Waals surface area (Å²) in [5.41, 5.74) is 0.376. The van der Waals surface area contributed by atoms with E-state index in [0.717, 1.165) is 11.2 Å². The lowest BCUT2D eigenvalue weighted by atomic mass is 9.81. The highest BCUT2D eigenvalue weighted by molar-refractivity contribution is 7.09. The second kappa shape index (κ2) is 3.76. The smallest absolute Gasteiger partial charge is 0.496 e. The lowest BCUT2D eigenvalue weighted by Crippen LogP contribution is -2.41. The number of ether oxygens (including phenoxy) is 1. The molecule has 1 aromatic heterocycles. The summed E-state index contributed by atoms with van der Waals surface area (Å²) in [6.07, 6.45) is 0. The van der Waals surface area contributed by atoms with Crippen LogP contribution in [0.2, 0.25) is 0 Å². The summed E-state index contributed by atoms with van der Waals surface area (Å²) in [7, 11) is 1.34. The first kappa shape index (κ1) is 12.0. The first-order valence-electron chi connectivity index (χ1n) is 5.33. The van der Waals surface area contributed by atoms with Crippen LogP contribution >= 0.6 is 11.3 Å². The molecule has 0 atom stereocenters. The van der Waals surface area contributed by atoms with E-state index < -0.39 is 0 Å². The van der Waals surface area contributed by atoms with Gasteiger partial charge in [0.1, 0.15) is 5.75 Å². The predicted octanol–water partition coefficient (Wildman–Crippen LogP) is 2.06. The van der Waals surface area contributed by atoms with Gasteiger partial charge in [-0.25, -0.2) is 0 Å². The van der Waals surface area contributed by atoms with Crippen LogP contribution in [0.3, 0.4) is 0 Å². The van der Waals surface area contributed by atoms with Crippen LogP contribution < -0.4 is 10.2 Å². The Kier molecular flexibility index (Phi) is 2.81. The van der Waals surface area contributed by atoms with Crippen molar-refractivity contribution in [2.75, 3.05) is 7.11 Å². The second-order valence-electron chi connectivity index (χ2n) is 4.98. The number of thiophene rings is 1. The third-order valence-electron chi connectivity index (χ3n) is 3.38. The van der Waals surface area contributed by atoms with Crippen molar-refractivity contribution in [3.05, 3.63) is 10.8 Å². The summed E-state index contributed by atoms with van der Waals surface area (Å²) in [6.45, 7) is 8.19. The average molecular weight is 240 g/mol. The lowest BCUT2D eigenvalue weighted by Gasteiger charge is -2.32. The summed E-state index contributed by atoms with van der Waals surface area (Å²) in [5, 5.41) is 3.97. The van der Waals surface area contributed by atoms with Crippen LogP contribution in [0, 0.1) is 0 Å². The largest absolute Gasteiger partial charge is 0.499 e. The van der Waals surface area contributed by atoms with Crippen LogP contribution in [0.4, 0.5) is 0 Å². The first-order valence-corrected chi connectivity index (χ1v) is 6.27. The van der Waals surface area contributed by atoms with Gasteiger partial charge in [0, 0.05) is 10.8 Å². The van der Waals surface area contributed by atoms with Crippen molar-refractivity contribution >= 4 is 23.9 Å². The third-order valence-corrected chi connectivity index (χ3v) is 4.12. The number of methoxy groups -OCH3 is 1. The van der Waals surface area contributed by atoms with Gasteiger partial charge in [-0.1, -0.05) is 0 Å². The minimum absolute atomic E-state index is 0.301. The summed E-state index contributed by atoms with van der Waals surface area (Å²) >= 11 is 1.59. The molecule has 0 radical (unpaired) electrons.